The smallest absolute Gasteiger partial charge is 0.321 e. The molecule has 0 radical (unpaired) electrons. The van der Waals surface area contributed by atoms with Crippen LogP contribution in [0.2, 0.25) is 0 Å². The van der Waals surface area contributed by atoms with Crippen molar-refractivity contribution in [2.24, 2.45) is 0 Å². The summed E-state index contributed by atoms with van der Waals surface area (Å²) in [5.41, 5.74) is 0. The van der Waals surface area contributed by atoms with E-state index in [-0.39, 0.29) is 6.03 Å². The molecule has 1 saturated heterocycles. The van der Waals surface area contributed by atoms with Crippen molar-refractivity contribution in [3.05, 3.63) is 11.6 Å². The van der Waals surface area contributed by atoms with Gasteiger partial charge in [0.05, 0.1) is 0 Å². The van der Waals surface area contributed by atoms with E-state index in [1.807, 2.05) is 5.38 Å². The van der Waals surface area contributed by atoms with Gasteiger partial charge in [0.1, 0.15) is 0 Å². The van der Waals surface area contributed by atoms with Crippen LogP contribution in [-0.2, 0) is 0 Å². The second-order valence-electron chi connectivity index (χ2n) is 4.47. The minimum absolute atomic E-state index is 0.163. The summed E-state index contributed by atoms with van der Waals surface area (Å²) < 4.78 is 0. The Morgan fingerprint density at radius 3 is 2.94 bits per heavy atom. The maximum absolute atomic E-state index is 11.5. The number of aromatic nitrogens is 1. The molecule has 100 valence electrons. The zero-order valence-electron chi connectivity index (χ0n) is 10.5. The average molecular weight is 268 g/mol. The van der Waals surface area contributed by atoms with Crippen LogP contribution in [0.4, 0.5) is 9.93 Å². The van der Waals surface area contributed by atoms with E-state index in [1.54, 1.807) is 6.20 Å². The van der Waals surface area contributed by atoms with Crippen molar-refractivity contribution in [3.8, 4) is 0 Å². The van der Waals surface area contributed by atoms with Gasteiger partial charge in [-0.05, 0) is 38.9 Å². The number of piperidine rings is 1. The first-order chi connectivity index (χ1) is 8.84. The van der Waals surface area contributed by atoms with Gasteiger partial charge in [0.25, 0.3) is 0 Å². The molecule has 0 aliphatic carbocycles. The number of anilines is 1. The molecule has 1 aromatic rings. The molecule has 18 heavy (non-hydrogen) atoms. The van der Waals surface area contributed by atoms with Gasteiger partial charge >= 0.3 is 6.03 Å². The lowest BCUT2D eigenvalue weighted by molar-refractivity contribution is 0.224. The summed E-state index contributed by atoms with van der Waals surface area (Å²) in [6, 6.07) is -0.163. The molecule has 0 unspecified atom stereocenters. The molecule has 0 bridgehead atoms. The number of urea groups is 1. The fraction of sp³-hybridized carbons (Fsp3) is 0.667. The van der Waals surface area contributed by atoms with Crippen molar-refractivity contribution in [3.63, 3.8) is 0 Å². The molecule has 1 fully saturated rings. The van der Waals surface area contributed by atoms with Crippen molar-refractivity contribution in [1.82, 2.24) is 15.2 Å². The highest BCUT2D eigenvalue weighted by molar-refractivity contribution is 7.13. The summed E-state index contributed by atoms with van der Waals surface area (Å²) in [7, 11) is 0. The molecule has 1 aliphatic heterocycles. The Bertz CT molecular complexity index is 349. The van der Waals surface area contributed by atoms with E-state index >= 15 is 0 Å². The normalized spacial score (nSPS) is 16.4. The van der Waals surface area contributed by atoms with Gasteiger partial charge in [-0.2, -0.15) is 0 Å². The van der Waals surface area contributed by atoms with Crippen molar-refractivity contribution < 1.29 is 4.79 Å². The van der Waals surface area contributed by atoms with Gasteiger partial charge in [-0.25, -0.2) is 9.78 Å². The number of carbonyl (C=O) groups is 1. The van der Waals surface area contributed by atoms with Gasteiger partial charge in [-0.1, -0.05) is 6.42 Å². The van der Waals surface area contributed by atoms with Gasteiger partial charge in [-0.15, -0.1) is 11.3 Å². The van der Waals surface area contributed by atoms with Gasteiger partial charge < -0.3 is 10.2 Å². The predicted octanol–water partition coefficient (Wildman–Crippen LogP) is 2.14. The first kappa shape index (κ1) is 13.3. The molecule has 0 spiro atoms. The van der Waals surface area contributed by atoms with Crippen LogP contribution in [-0.4, -0.2) is 42.1 Å². The van der Waals surface area contributed by atoms with Crippen molar-refractivity contribution in [2.45, 2.75) is 25.7 Å². The highest BCUT2D eigenvalue weighted by Gasteiger charge is 2.09. The summed E-state index contributed by atoms with van der Waals surface area (Å²) in [6.45, 7) is 4.22. The number of nitrogens with one attached hydrogen (secondary N) is 2. The van der Waals surface area contributed by atoms with E-state index in [4.69, 9.17) is 0 Å². The van der Waals surface area contributed by atoms with E-state index in [9.17, 15) is 4.79 Å². The number of carbonyl (C=O) groups excluding carboxylic acids is 1. The molecule has 1 aliphatic rings. The minimum atomic E-state index is -0.163. The van der Waals surface area contributed by atoms with Crippen LogP contribution < -0.4 is 10.6 Å². The fourth-order valence-corrected chi connectivity index (χ4v) is 2.64. The van der Waals surface area contributed by atoms with E-state index < -0.39 is 0 Å². The van der Waals surface area contributed by atoms with Crippen LogP contribution >= 0.6 is 11.3 Å². The fourth-order valence-electron chi connectivity index (χ4n) is 2.11. The number of thiazole rings is 1. The highest BCUT2D eigenvalue weighted by atomic mass is 32.1. The van der Waals surface area contributed by atoms with Crippen molar-refractivity contribution >= 4 is 22.5 Å². The van der Waals surface area contributed by atoms with Crippen molar-refractivity contribution in [2.75, 3.05) is 31.5 Å². The van der Waals surface area contributed by atoms with Crippen LogP contribution in [0.1, 0.15) is 25.7 Å². The average Bonchev–Trinajstić information content (AvgIpc) is 2.89. The first-order valence-electron chi connectivity index (χ1n) is 6.51. The number of likely N-dealkylation sites (tertiary alicyclic amines) is 1. The predicted molar refractivity (Wildman–Crippen MR) is 74.0 cm³/mol. The zero-order valence-corrected chi connectivity index (χ0v) is 11.3. The van der Waals surface area contributed by atoms with Gasteiger partial charge in [0, 0.05) is 18.1 Å². The largest absolute Gasteiger partial charge is 0.338 e. The van der Waals surface area contributed by atoms with Crippen LogP contribution in [0.25, 0.3) is 0 Å². The Labute approximate surface area is 112 Å². The lowest BCUT2D eigenvalue weighted by Gasteiger charge is -2.26. The van der Waals surface area contributed by atoms with Gasteiger partial charge in [0.2, 0.25) is 0 Å². The lowest BCUT2D eigenvalue weighted by atomic mass is 10.1. The summed E-state index contributed by atoms with van der Waals surface area (Å²) in [5, 5.41) is 8.04. The molecule has 0 atom stereocenters. The Morgan fingerprint density at radius 1 is 1.39 bits per heavy atom. The standard InChI is InChI=1S/C12H20N4OS/c17-11(15-12-14-6-10-18-12)13-5-4-9-16-7-2-1-3-8-16/h6,10H,1-5,7-9H2,(H2,13,14,15,17). The van der Waals surface area contributed by atoms with Crippen LogP contribution in [0.5, 0.6) is 0 Å². The maximum Gasteiger partial charge on any atom is 0.321 e. The molecule has 1 aromatic heterocycles. The quantitative estimate of drug-likeness (QED) is 0.804. The number of amides is 2. The molecule has 2 rings (SSSR count). The SMILES string of the molecule is O=C(NCCCN1CCCCC1)Nc1nccs1. The molecular formula is C12H20N4OS. The van der Waals surface area contributed by atoms with E-state index in [2.05, 4.69) is 20.5 Å². The van der Waals surface area contributed by atoms with Crippen molar-refractivity contribution in [1.29, 1.82) is 0 Å². The second-order valence-corrected chi connectivity index (χ2v) is 5.37. The lowest BCUT2D eigenvalue weighted by Crippen LogP contribution is -2.34. The first-order valence-corrected chi connectivity index (χ1v) is 7.39. The molecule has 6 heteroatoms. The Hall–Kier alpha value is -1.14. The Balaban J connectivity index is 1.53. The third-order valence-electron chi connectivity index (χ3n) is 3.04. The van der Waals surface area contributed by atoms with E-state index in [1.165, 1.54) is 43.7 Å². The molecule has 0 aromatic carbocycles. The topological polar surface area (TPSA) is 57.3 Å². The third-order valence-corrected chi connectivity index (χ3v) is 3.73. The number of hydrogen-bond acceptors (Lipinski definition) is 4. The monoisotopic (exact) mass is 268 g/mol. The molecule has 2 heterocycles. The molecule has 0 saturated carbocycles. The maximum atomic E-state index is 11.5. The van der Waals surface area contributed by atoms with E-state index in [0.717, 1.165) is 13.0 Å². The minimum Gasteiger partial charge on any atom is -0.338 e. The second kappa shape index (κ2) is 7.33. The number of rotatable bonds is 5. The summed E-state index contributed by atoms with van der Waals surface area (Å²) in [6.07, 6.45) is 6.68. The number of nitrogens with zero attached hydrogens (tertiary/aromatic N) is 2. The summed E-state index contributed by atoms with van der Waals surface area (Å²) in [5.74, 6) is 0. The third kappa shape index (κ3) is 4.62. The van der Waals surface area contributed by atoms with Gasteiger partial charge in [0.15, 0.2) is 5.13 Å². The molecule has 2 N–H and O–H groups in total. The molecular weight excluding hydrogens is 248 g/mol. The van der Waals surface area contributed by atoms with Crippen LogP contribution in [0.3, 0.4) is 0 Å². The molecule has 5 nitrogen and oxygen atoms in total. The van der Waals surface area contributed by atoms with Gasteiger partial charge in [-0.3, -0.25) is 5.32 Å². The molecule has 2 amide bonds. The number of hydrogen-bond donors (Lipinski definition) is 2. The zero-order chi connectivity index (χ0) is 12.6. The highest BCUT2D eigenvalue weighted by Crippen LogP contribution is 2.10. The van der Waals surface area contributed by atoms with E-state index in [0.29, 0.717) is 11.7 Å². The van der Waals surface area contributed by atoms with Crippen LogP contribution in [0, 0.1) is 0 Å². The summed E-state index contributed by atoms with van der Waals surface area (Å²) in [4.78, 5) is 18.0. The summed E-state index contributed by atoms with van der Waals surface area (Å²) >= 11 is 1.42. The Kier molecular flexibility index (Phi) is 5.41. The Morgan fingerprint density at radius 2 is 2.22 bits per heavy atom. The van der Waals surface area contributed by atoms with Crippen LogP contribution in [0.15, 0.2) is 11.6 Å².